The monoisotopic (exact) mass is 725 g/mol. The molecule has 1 aromatic rings. The van der Waals surface area contributed by atoms with Gasteiger partial charge in [-0.1, -0.05) is 51.2 Å². The van der Waals surface area contributed by atoms with Crippen molar-refractivity contribution in [3.63, 3.8) is 0 Å². The van der Waals surface area contributed by atoms with Crippen molar-refractivity contribution in [3.05, 3.63) is 42.0 Å². The molecule has 2 rings (SSSR count). The number of rotatable bonds is 38. The number of amides is 2. The van der Waals surface area contributed by atoms with Gasteiger partial charge in [0.15, 0.2) is 0 Å². The summed E-state index contributed by atoms with van der Waals surface area (Å²) in [6.07, 6.45) is 11.6. The number of carbonyl (C=O) groups excluding carboxylic acids is 2. The van der Waals surface area contributed by atoms with Crippen molar-refractivity contribution in [1.82, 2.24) is 4.90 Å². The van der Waals surface area contributed by atoms with E-state index in [-0.39, 0.29) is 25.0 Å². The molecule has 0 saturated carbocycles. The molecule has 0 unspecified atom stereocenters. The summed E-state index contributed by atoms with van der Waals surface area (Å²) in [6, 6.07) is 8.41. The zero-order chi connectivity index (χ0) is 36.3. The average Bonchev–Trinajstić information content (AvgIpc) is 3.46. The molecule has 0 aliphatic carbocycles. The van der Waals surface area contributed by atoms with Crippen LogP contribution in [-0.2, 0) is 58.6 Å². The smallest absolute Gasteiger partial charge is 0.253 e. The summed E-state index contributed by atoms with van der Waals surface area (Å²) in [6.45, 7) is 11.5. The molecule has 1 aliphatic heterocycles. The highest BCUT2D eigenvalue weighted by atomic mass is 16.6. The SMILES string of the molecule is CCCCCCCCc1ccc(OCCOCCOCCOCCOCCOCCOCCOCCOCCOCCN2C(=O)C=CC2=O)cc1. The molecular weight excluding hydrogens is 662 g/mol. The van der Waals surface area contributed by atoms with E-state index in [0.717, 1.165) is 17.1 Å². The van der Waals surface area contributed by atoms with Crippen LogP contribution in [0.2, 0.25) is 0 Å². The minimum atomic E-state index is -0.305. The van der Waals surface area contributed by atoms with Gasteiger partial charge in [-0.15, -0.1) is 0 Å². The Morgan fingerprint density at radius 1 is 0.431 bits per heavy atom. The van der Waals surface area contributed by atoms with Gasteiger partial charge >= 0.3 is 0 Å². The molecule has 1 aliphatic rings. The van der Waals surface area contributed by atoms with Crippen molar-refractivity contribution < 1.29 is 57.0 Å². The summed E-state index contributed by atoms with van der Waals surface area (Å²) in [7, 11) is 0. The molecule has 0 N–H and O–H groups in total. The topological polar surface area (TPSA) is 130 Å². The van der Waals surface area contributed by atoms with Crippen molar-refractivity contribution in [2.45, 2.75) is 51.9 Å². The number of carbonyl (C=O) groups is 2. The number of nitrogens with zero attached hydrogens (tertiary/aromatic N) is 1. The number of ether oxygens (including phenoxy) is 10. The molecule has 0 spiro atoms. The summed E-state index contributed by atoms with van der Waals surface area (Å²) in [5.74, 6) is 0.270. The molecule has 0 fully saturated rings. The van der Waals surface area contributed by atoms with E-state index in [1.54, 1.807) is 0 Å². The molecule has 0 aromatic heterocycles. The van der Waals surface area contributed by atoms with E-state index >= 15 is 0 Å². The molecule has 0 radical (unpaired) electrons. The van der Waals surface area contributed by atoms with Crippen LogP contribution in [0, 0.1) is 0 Å². The van der Waals surface area contributed by atoms with Crippen LogP contribution in [0.4, 0.5) is 0 Å². The third-order valence-corrected chi connectivity index (χ3v) is 7.57. The standard InChI is InChI=1S/C38H63NO12/c1-2-3-4-5-6-7-8-35-9-11-36(12-10-35)51-34-33-50-32-31-49-30-29-48-28-27-47-26-25-46-24-23-45-22-21-44-20-19-43-18-17-42-16-15-39-37(40)13-14-38(39)41/h9-14H,2-8,15-34H2,1H3. The summed E-state index contributed by atoms with van der Waals surface area (Å²) in [5.41, 5.74) is 1.37. The minimum Gasteiger partial charge on any atom is -0.491 e. The lowest BCUT2D eigenvalue weighted by molar-refractivity contribution is -0.137. The first-order chi connectivity index (χ1) is 25.2. The van der Waals surface area contributed by atoms with Crippen molar-refractivity contribution in [2.75, 3.05) is 132 Å². The van der Waals surface area contributed by atoms with Gasteiger partial charge in [0.25, 0.3) is 11.8 Å². The third kappa shape index (κ3) is 26.0. The van der Waals surface area contributed by atoms with E-state index < -0.39 is 0 Å². The largest absolute Gasteiger partial charge is 0.491 e. The Labute approximate surface area is 305 Å². The van der Waals surface area contributed by atoms with Crippen LogP contribution in [-0.4, -0.2) is 149 Å². The first-order valence-electron chi connectivity index (χ1n) is 18.7. The fourth-order valence-electron chi connectivity index (χ4n) is 4.75. The van der Waals surface area contributed by atoms with Crippen LogP contribution in [0.3, 0.4) is 0 Å². The summed E-state index contributed by atoms with van der Waals surface area (Å²) < 4.78 is 55.1. The lowest BCUT2D eigenvalue weighted by atomic mass is 10.0. The van der Waals surface area contributed by atoms with Crippen LogP contribution < -0.4 is 4.74 Å². The normalized spacial score (nSPS) is 12.8. The molecule has 292 valence electrons. The first kappa shape index (κ1) is 44.7. The fraction of sp³-hybridized carbons (Fsp3) is 0.737. The predicted molar refractivity (Wildman–Crippen MR) is 192 cm³/mol. The summed E-state index contributed by atoms with van der Waals surface area (Å²) in [4.78, 5) is 24.0. The van der Waals surface area contributed by atoms with E-state index in [0.29, 0.717) is 119 Å². The number of hydrogen-bond acceptors (Lipinski definition) is 12. The Kier molecular flexibility index (Phi) is 29.3. The summed E-state index contributed by atoms with van der Waals surface area (Å²) >= 11 is 0. The zero-order valence-electron chi connectivity index (χ0n) is 30.9. The van der Waals surface area contributed by atoms with E-state index in [1.165, 1.54) is 56.2 Å². The molecule has 1 heterocycles. The lowest BCUT2D eigenvalue weighted by Gasteiger charge is -2.13. The van der Waals surface area contributed by atoms with Gasteiger partial charge in [-0.2, -0.15) is 0 Å². The van der Waals surface area contributed by atoms with Gasteiger partial charge in [0.05, 0.1) is 125 Å². The molecule has 51 heavy (non-hydrogen) atoms. The second-order valence-corrected chi connectivity index (χ2v) is 11.7. The molecular formula is C38H63NO12. The molecule has 0 bridgehead atoms. The highest BCUT2D eigenvalue weighted by Crippen LogP contribution is 2.15. The zero-order valence-corrected chi connectivity index (χ0v) is 30.9. The summed E-state index contributed by atoms with van der Waals surface area (Å²) in [5, 5.41) is 0. The lowest BCUT2D eigenvalue weighted by Crippen LogP contribution is -2.33. The maximum atomic E-state index is 11.4. The Balaban J connectivity index is 1.18. The van der Waals surface area contributed by atoms with Gasteiger partial charge in [-0.25, -0.2) is 0 Å². The fourth-order valence-corrected chi connectivity index (χ4v) is 4.75. The van der Waals surface area contributed by atoms with Gasteiger partial charge in [0.2, 0.25) is 0 Å². The number of benzene rings is 1. The Morgan fingerprint density at radius 3 is 1.20 bits per heavy atom. The van der Waals surface area contributed by atoms with E-state index in [4.69, 9.17) is 47.4 Å². The van der Waals surface area contributed by atoms with Gasteiger partial charge in [0.1, 0.15) is 12.4 Å². The van der Waals surface area contributed by atoms with Gasteiger partial charge in [-0.3, -0.25) is 14.5 Å². The number of hydrogen-bond donors (Lipinski definition) is 0. The molecule has 13 heteroatoms. The minimum absolute atomic E-state index is 0.241. The van der Waals surface area contributed by atoms with Crippen molar-refractivity contribution in [2.24, 2.45) is 0 Å². The van der Waals surface area contributed by atoms with Crippen LogP contribution in [0.25, 0.3) is 0 Å². The second-order valence-electron chi connectivity index (χ2n) is 11.7. The molecule has 1 aromatic carbocycles. The van der Waals surface area contributed by atoms with Crippen molar-refractivity contribution in [1.29, 1.82) is 0 Å². The van der Waals surface area contributed by atoms with Gasteiger partial charge in [0, 0.05) is 12.2 Å². The highest BCUT2D eigenvalue weighted by molar-refractivity contribution is 6.12. The number of imide groups is 1. The molecule has 0 saturated heterocycles. The van der Waals surface area contributed by atoms with Crippen molar-refractivity contribution in [3.8, 4) is 5.75 Å². The molecule has 13 nitrogen and oxygen atoms in total. The molecule has 2 amide bonds. The second kappa shape index (κ2) is 33.4. The molecule has 0 atom stereocenters. The number of unbranched alkanes of at least 4 members (excludes halogenated alkanes) is 5. The van der Waals surface area contributed by atoms with Crippen LogP contribution in [0.5, 0.6) is 5.75 Å². The Hall–Kier alpha value is -2.46. The highest BCUT2D eigenvalue weighted by Gasteiger charge is 2.22. The Morgan fingerprint density at radius 2 is 0.784 bits per heavy atom. The maximum absolute atomic E-state index is 11.4. The van der Waals surface area contributed by atoms with E-state index in [2.05, 4.69) is 19.1 Å². The van der Waals surface area contributed by atoms with Gasteiger partial charge in [-0.05, 0) is 30.5 Å². The average molecular weight is 726 g/mol. The van der Waals surface area contributed by atoms with Crippen LogP contribution in [0.1, 0.15) is 51.0 Å². The van der Waals surface area contributed by atoms with Crippen molar-refractivity contribution >= 4 is 11.8 Å². The number of aryl methyl sites for hydroxylation is 1. The Bertz CT molecular complexity index is 976. The van der Waals surface area contributed by atoms with E-state index in [9.17, 15) is 9.59 Å². The quantitative estimate of drug-likeness (QED) is 0.0721. The van der Waals surface area contributed by atoms with Gasteiger partial charge < -0.3 is 47.4 Å². The van der Waals surface area contributed by atoms with Crippen LogP contribution in [0.15, 0.2) is 36.4 Å². The first-order valence-corrected chi connectivity index (χ1v) is 18.7. The maximum Gasteiger partial charge on any atom is 0.253 e. The van der Waals surface area contributed by atoms with E-state index in [1.807, 2.05) is 12.1 Å². The predicted octanol–water partition coefficient (Wildman–Crippen LogP) is 4.04. The third-order valence-electron chi connectivity index (χ3n) is 7.57. The van der Waals surface area contributed by atoms with Crippen LogP contribution >= 0.6 is 0 Å².